The van der Waals surface area contributed by atoms with Crippen LogP contribution in [0.1, 0.15) is 23.7 Å². The number of carbonyl (C=O) groups is 3. The van der Waals surface area contributed by atoms with Crippen molar-refractivity contribution in [2.24, 2.45) is 11.8 Å². The van der Waals surface area contributed by atoms with Crippen LogP contribution in [0.4, 0.5) is 0 Å². The van der Waals surface area contributed by atoms with Gasteiger partial charge < -0.3 is 4.74 Å². The molecule has 0 saturated heterocycles. The van der Waals surface area contributed by atoms with Gasteiger partial charge in [0.1, 0.15) is 17.6 Å². The molecular weight excluding hydrogens is 258 g/mol. The molecule has 0 bridgehead atoms. The molecule has 2 unspecified atom stereocenters. The van der Waals surface area contributed by atoms with Gasteiger partial charge in [-0.25, -0.2) is 0 Å². The molecule has 0 spiro atoms. The molecule has 0 fully saturated rings. The number of nitriles is 1. The van der Waals surface area contributed by atoms with Crippen LogP contribution in [0.5, 0.6) is 0 Å². The molecule has 0 heterocycles. The number of hydrogen-bond donors (Lipinski definition) is 0. The number of methoxy groups -OCH3 is 1. The minimum atomic E-state index is -1.09. The zero-order valence-electron chi connectivity index (χ0n) is 11.3. The maximum absolute atomic E-state index is 12.1. The summed E-state index contributed by atoms with van der Waals surface area (Å²) in [7, 11) is 1.18. The van der Waals surface area contributed by atoms with Gasteiger partial charge in [0, 0.05) is 12.0 Å². The van der Waals surface area contributed by atoms with Crippen LogP contribution in [0.15, 0.2) is 30.3 Å². The Morgan fingerprint density at radius 1 is 1.25 bits per heavy atom. The summed E-state index contributed by atoms with van der Waals surface area (Å²) in [4.78, 5) is 35.2. The average Bonchev–Trinajstić information content (AvgIpc) is 2.50. The topological polar surface area (TPSA) is 84.2 Å². The molecule has 0 amide bonds. The van der Waals surface area contributed by atoms with Crippen molar-refractivity contribution in [3.05, 3.63) is 35.9 Å². The first kappa shape index (κ1) is 15.6. The van der Waals surface area contributed by atoms with E-state index in [2.05, 4.69) is 4.74 Å². The molecule has 0 radical (unpaired) electrons. The largest absolute Gasteiger partial charge is 0.468 e. The lowest BCUT2D eigenvalue weighted by Crippen LogP contribution is -2.26. The molecule has 0 N–H and O–H groups in total. The van der Waals surface area contributed by atoms with Gasteiger partial charge in [-0.05, 0) is 6.92 Å². The second-order valence-electron chi connectivity index (χ2n) is 4.33. The summed E-state index contributed by atoms with van der Waals surface area (Å²) in [5.41, 5.74) is 0.373. The van der Waals surface area contributed by atoms with Crippen LogP contribution in [-0.2, 0) is 14.3 Å². The number of ketones is 2. The van der Waals surface area contributed by atoms with E-state index in [1.807, 2.05) is 6.07 Å². The van der Waals surface area contributed by atoms with Crippen molar-refractivity contribution in [1.29, 1.82) is 5.26 Å². The fourth-order valence-corrected chi connectivity index (χ4v) is 1.69. The molecule has 0 aliphatic heterocycles. The van der Waals surface area contributed by atoms with E-state index < -0.39 is 29.4 Å². The van der Waals surface area contributed by atoms with Crippen LogP contribution < -0.4 is 0 Å². The van der Waals surface area contributed by atoms with E-state index in [-0.39, 0.29) is 6.42 Å². The normalized spacial score (nSPS) is 12.8. The summed E-state index contributed by atoms with van der Waals surface area (Å²) in [5, 5.41) is 9.04. The number of benzene rings is 1. The van der Waals surface area contributed by atoms with E-state index in [1.165, 1.54) is 14.0 Å². The van der Waals surface area contributed by atoms with Crippen molar-refractivity contribution in [1.82, 2.24) is 0 Å². The zero-order chi connectivity index (χ0) is 15.1. The van der Waals surface area contributed by atoms with Gasteiger partial charge in [0.05, 0.1) is 13.2 Å². The Labute approximate surface area is 117 Å². The lowest BCUT2D eigenvalue weighted by molar-refractivity contribution is -0.148. The molecule has 5 nitrogen and oxygen atoms in total. The fraction of sp³-hybridized carbons (Fsp3) is 0.333. The van der Waals surface area contributed by atoms with Crippen LogP contribution in [0, 0.1) is 23.2 Å². The van der Waals surface area contributed by atoms with Gasteiger partial charge >= 0.3 is 5.97 Å². The van der Waals surface area contributed by atoms with Crippen LogP contribution in [-0.4, -0.2) is 24.6 Å². The zero-order valence-corrected chi connectivity index (χ0v) is 11.3. The molecular formula is C15H15NO4. The lowest BCUT2D eigenvalue weighted by atomic mass is 9.90. The fourth-order valence-electron chi connectivity index (χ4n) is 1.69. The molecule has 20 heavy (non-hydrogen) atoms. The first-order chi connectivity index (χ1) is 9.51. The van der Waals surface area contributed by atoms with Crippen LogP contribution in [0.25, 0.3) is 0 Å². The second kappa shape index (κ2) is 7.19. The summed E-state index contributed by atoms with van der Waals surface area (Å²) in [6.45, 7) is 1.40. The standard InChI is InChI=1S/C15H15NO4/c1-10(15(19)20-2)13(17)8-12(9-16)14(18)11-6-4-3-5-7-11/h3-7,10,12H,8H2,1-2H3. The van der Waals surface area contributed by atoms with Crippen LogP contribution >= 0.6 is 0 Å². The third kappa shape index (κ3) is 3.75. The Balaban J connectivity index is 2.79. The number of ether oxygens (including phenoxy) is 1. The maximum Gasteiger partial charge on any atom is 0.315 e. The Hall–Kier alpha value is -2.48. The van der Waals surface area contributed by atoms with E-state index in [4.69, 9.17) is 5.26 Å². The quantitative estimate of drug-likeness (QED) is 0.448. The highest BCUT2D eigenvalue weighted by molar-refractivity contribution is 6.04. The molecule has 5 heteroatoms. The molecule has 2 atom stereocenters. The summed E-state index contributed by atoms with van der Waals surface area (Å²) in [6.07, 6.45) is -0.291. The van der Waals surface area contributed by atoms with Crippen molar-refractivity contribution in [2.45, 2.75) is 13.3 Å². The lowest BCUT2D eigenvalue weighted by Gasteiger charge is -2.11. The number of esters is 1. The number of carbonyl (C=O) groups excluding carboxylic acids is 3. The monoisotopic (exact) mass is 273 g/mol. The minimum absolute atomic E-state index is 0.291. The number of Topliss-reactive ketones (excluding diaryl/α,β-unsaturated/α-hetero) is 2. The van der Waals surface area contributed by atoms with Crippen molar-refractivity contribution in [2.75, 3.05) is 7.11 Å². The average molecular weight is 273 g/mol. The van der Waals surface area contributed by atoms with Crippen molar-refractivity contribution in [3.8, 4) is 6.07 Å². The molecule has 1 rings (SSSR count). The first-order valence-corrected chi connectivity index (χ1v) is 6.10. The number of hydrogen-bond acceptors (Lipinski definition) is 5. The van der Waals surface area contributed by atoms with E-state index >= 15 is 0 Å². The molecule has 0 aliphatic carbocycles. The van der Waals surface area contributed by atoms with Crippen molar-refractivity contribution >= 4 is 17.5 Å². The van der Waals surface area contributed by atoms with E-state index in [1.54, 1.807) is 30.3 Å². The third-order valence-corrected chi connectivity index (χ3v) is 2.97. The van der Waals surface area contributed by atoms with Gasteiger partial charge in [0.2, 0.25) is 0 Å². The minimum Gasteiger partial charge on any atom is -0.468 e. The summed E-state index contributed by atoms with van der Waals surface area (Å²) in [5.74, 6) is -3.62. The molecule has 0 saturated carbocycles. The van der Waals surface area contributed by atoms with Crippen molar-refractivity contribution < 1.29 is 19.1 Å². The molecule has 0 aliphatic rings. The van der Waals surface area contributed by atoms with Gasteiger partial charge in [0.25, 0.3) is 0 Å². The summed E-state index contributed by atoms with van der Waals surface area (Å²) >= 11 is 0. The third-order valence-electron chi connectivity index (χ3n) is 2.97. The first-order valence-electron chi connectivity index (χ1n) is 6.10. The van der Waals surface area contributed by atoms with Gasteiger partial charge in [-0.2, -0.15) is 5.26 Å². The Bertz CT molecular complexity index is 545. The highest BCUT2D eigenvalue weighted by atomic mass is 16.5. The van der Waals surface area contributed by atoms with Gasteiger partial charge in [-0.1, -0.05) is 30.3 Å². The highest BCUT2D eigenvalue weighted by Gasteiger charge is 2.28. The van der Waals surface area contributed by atoms with E-state index in [0.29, 0.717) is 5.56 Å². The summed E-state index contributed by atoms with van der Waals surface area (Å²) in [6, 6.07) is 10.1. The molecule has 1 aromatic rings. The van der Waals surface area contributed by atoms with Crippen molar-refractivity contribution in [3.63, 3.8) is 0 Å². The van der Waals surface area contributed by atoms with Crippen LogP contribution in [0.2, 0.25) is 0 Å². The Kier molecular flexibility index (Phi) is 5.60. The summed E-state index contributed by atoms with van der Waals surface area (Å²) < 4.78 is 4.47. The number of nitrogens with zero attached hydrogens (tertiary/aromatic N) is 1. The SMILES string of the molecule is COC(=O)C(C)C(=O)CC(C#N)C(=O)c1ccccc1. The molecule has 104 valence electrons. The Morgan fingerprint density at radius 3 is 2.35 bits per heavy atom. The number of rotatable bonds is 6. The predicted octanol–water partition coefficient (Wildman–Crippen LogP) is 1.78. The molecule has 0 aromatic heterocycles. The van der Waals surface area contributed by atoms with Gasteiger partial charge in [-0.15, -0.1) is 0 Å². The van der Waals surface area contributed by atoms with Gasteiger partial charge in [0.15, 0.2) is 5.78 Å². The maximum atomic E-state index is 12.1. The molecule has 1 aromatic carbocycles. The van der Waals surface area contributed by atoms with E-state index in [0.717, 1.165) is 0 Å². The predicted molar refractivity (Wildman–Crippen MR) is 70.7 cm³/mol. The smallest absolute Gasteiger partial charge is 0.315 e. The van der Waals surface area contributed by atoms with Crippen LogP contribution in [0.3, 0.4) is 0 Å². The van der Waals surface area contributed by atoms with Gasteiger partial charge in [-0.3, -0.25) is 14.4 Å². The second-order valence-corrected chi connectivity index (χ2v) is 4.33. The van der Waals surface area contributed by atoms with E-state index in [9.17, 15) is 14.4 Å². The Morgan fingerprint density at radius 2 is 1.85 bits per heavy atom. The highest BCUT2D eigenvalue weighted by Crippen LogP contribution is 2.15.